The third-order valence-electron chi connectivity index (χ3n) is 3.51. The molecule has 9 nitrogen and oxygen atoms in total. The Bertz CT molecular complexity index is 790. The van der Waals surface area contributed by atoms with E-state index in [0.717, 1.165) is 6.07 Å². The van der Waals surface area contributed by atoms with Crippen LogP contribution < -0.4 is 10.0 Å². The number of amides is 1. The molecule has 0 aliphatic heterocycles. The molecule has 1 rings (SSSR count). The van der Waals surface area contributed by atoms with Crippen LogP contribution in [0.5, 0.6) is 0 Å². The van der Waals surface area contributed by atoms with Crippen LogP contribution in [0.3, 0.4) is 0 Å². The molecule has 1 atom stereocenters. The van der Waals surface area contributed by atoms with E-state index in [1.54, 1.807) is 0 Å². The van der Waals surface area contributed by atoms with Crippen LogP contribution in [0.4, 0.5) is 0 Å². The smallest absolute Gasteiger partial charge is 0.338 e. The van der Waals surface area contributed by atoms with Crippen LogP contribution in [-0.2, 0) is 29.1 Å². The first-order valence-corrected chi connectivity index (χ1v) is 9.67. The highest BCUT2D eigenvalue weighted by atomic mass is 32.2. The van der Waals surface area contributed by atoms with Gasteiger partial charge in [0.2, 0.25) is 10.0 Å². The van der Waals surface area contributed by atoms with Crippen molar-refractivity contribution in [2.75, 3.05) is 20.8 Å². The molecular formula is C17H24N2O7S. The number of carbonyl (C=O) groups is 3. The predicted octanol–water partition coefficient (Wildman–Crippen LogP) is 0.455. The fourth-order valence-corrected chi connectivity index (χ4v) is 2.96. The average Bonchev–Trinajstić information content (AvgIpc) is 2.64. The number of methoxy groups -OCH3 is 1. The monoisotopic (exact) mass is 400 g/mol. The fraction of sp³-hybridized carbons (Fsp3) is 0.471. The second-order valence-corrected chi connectivity index (χ2v) is 7.97. The largest absolute Gasteiger partial charge is 0.467 e. The quantitative estimate of drug-likeness (QED) is 0.576. The van der Waals surface area contributed by atoms with Gasteiger partial charge in [0.05, 0.1) is 17.6 Å². The molecule has 0 saturated carbocycles. The molecule has 1 aromatic carbocycles. The van der Waals surface area contributed by atoms with E-state index < -0.39 is 40.5 Å². The molecule has 10 heteroatoms. The van der Waals surface area contributed by atoms with Gasteiger partial charge in [-0.3, -0.25) is 4.79 Å². The number of nitrogens with one attached hydrogen (secondary N) is 2. The van der Waals surface area contributed by atoms with Gasteiger partial charge in [-0.25, -0.2) is 22.7 Å². The van der Waals surface area contributed by atoms with Gasteiger partial charge in [-0.15, -0.1) is 0 Å². The number of sulfonamides is 1. The molecule has 0 unspecified atom stereocenters. The summed E-state index contributed by atoms with van der Waals surface area (Å²) >= 11 is 0. The summed E-state index contributed by atoms with van der Waals surface area (Å²) in [6.07, 6.45) is 0.371. The van der Waals surface area contributed by atoms with E-state index in [0.29, 0.717) is 6.42 Å². The maximum atomic E-state index is 12.1. The number of benzene rings is 1. The highest BCUT2D eigenvalue weighted by Crippen LogP contribution is 2.12. The third-order valence-corrected chi connectivity index (χ3v) is 4.92. The van der Waals surface area contributed by atoms with Crippen LogP contribution in [-0.4, -0.2) is 53.1 Å². The summed E-state index contributed by atoms with van der Waals surface area (Å²) in [6.45, 7) is 3.15. The van der Waals surface area contributed by atoms with Gasteiger partial charge in [0, 0.05) is 0 Å². The molecule has 0 heterocycles. The maximum absolute atomic E-state index is 12.1. The number of rotatable bonds is 9. The lowest BCUT2D eigenvalue weighted by atomic mass is 10.0. The van der Waals surface area contributed by atoms with Gasteiger partial charge in [0.1, 0.15) is 6.04 Å². The first-order valence-electron chi connectivity index (χ1n) is 8.18. The van der Waals surface area contributed by atoms with E-state index in [4.69, 9.17) is 4.74 Å². The van der Waals surface area contributed by atoms with E-state index in [-0.39, 0.29) is 16.4 Å². The van der Waals surface area contributed by atoms with Gasteiger partial charge < -0.3 is 14.8 Å². The van der Waals surface area contributed by atoms with Gasteiger partial charge in [-0.2, -0.15) is 0 Å². The molecule has 0 aromatic heterocycles. The summed E-state index contributed by atoms with van der Waals surface area (Å²) in [5, 5.41) is 2.45. The Morgan fingerprint density at radius 1 is 1.19 bits per heavy atom. The molecule has 0 aliphatic carbocycles. The van der Waals surface area contributed by atoms with Gasteiger partial charge >= 0.3 is 11.9 Å². The van der Waals surface area contributed by atoms with Crippen molar-refractivity contribution >= 4 is 27.9 Å². The normalized spacial score (nSPS) is 12.3. The number of ether oxygens (including phenoxy) is 2. The Morgan fingerprint density at radius 2 is 1.85 bits per heavy atom. The molecule has 0 radical (unpaired) electrons. The van der Waals surface area contributed by atoms with E-state index in [2.05, 4.69) is 14.8 Å². The number of esters is 2. The minimum absolute atomic E-state index is 0.0224. The summed E-state index contributed by atoms with van der Waals surface area (Å²) in [4.78, 5) is 35.6. The first-order chi connectivity index (χ1) is 12.6. The van der Waals surface area contributed by atoms with Crippen molar-refractivity contribution < 1.29 is 32.3 Å². The van der Waals surface area contributed by atoms with E-state index >= 15 is 0 Å². The number of hydrogen-bond donors (Lipinski definition) is 2. The van der Waals surface area contributed by atoms with E-state index in [9.17, 15) is 22.8 Å². The fourth-order valence-electron chi connectivity index (χ4n) is 2.19. The summed E-state index contributed by atoms with van der Waals surface area (Å²) < 4.78 is 35.2. The van der Waals surface area contributed by atoms with Crippen LogP contribution in [0.25, 0.3) is 0 Å². The Balaban J connectivity index is 2.72. The lowest BCUT2D eigenvalue weighted by molar-refractivity contribution is -0.145. The highest BCUT2D eigenvalue weighted by Gasteiger charge is 2.23. The minimum atomic E-state index is -3.71. The molecule has 27 heavy (non-hydrogen) atoms. The van der Waals surface area contributed by atoms with Crippen LogP contribution >= 0.6 is 0 Å². The Morgan fingerprint density at radius 3 is 2.41 bits per heavy atom. The molecular weight excluding hydrogens is 376 g/mol. The molecule has 1 amide bonds. The standard InChI is InChI=1S/C17H24N2O7S/c1-11(2)8-14(17(22)25-4)19-15(20)10-26-16(21)12-6-5-7-13(9-12)27(23,24)18-3/h5-7,9,11,14,18H,8,10H2,1-4H3,(H,19,20)/t14-/m0/s1. The summed E-state index contributed by atoms with van der Waals surface area (Å²) in [5.41, 5.74) is -0.0224. The zero-order valence-corrected chi connectivity index (χ0v) is 16.5. The molecule has 0 spiro atoms. The molecule has 150 valence electrons. The topological polar surface area (TPSA) is 128 Å². The molecule has 0 aliphatic rings. The lowest BCUT2D eigenvalue weighted by Crippen LogP contribution is -2.44. The Kier molecular flexibility index (Phi) is 8.38. The molecule has 0 fully saturated rings. The summed E-state index contributed by atoms with van der Waals surface area (Å²) in [5.74, 6) is -1.99. The van der Waals surface area contributed by atoms with Gasteiger partial charge in [0.15, 0.2) is 6.61 Å². The second-order valence-electron chi connectivity index (χ2n) is 6.08. The van der Waals surface area contributed by atoms with Gasteiger partial charge in [-0.05, 0) is 37.6 Å². The maximum Gasteiger partial charge on any atom is 0.338 e. The molecule has 2 N–H and O–H groups in total. The summed E-state index contributed by atoms with van der Waals surface area (Å²) in [6, 6.07) is 4.37. The second kappa shape index (κ2) is 10.0. The van der Waals surface area contributed by atoms with E-state index in [1.165, 1.54) is 32.4 Å². The van der Waals surface area contributed by atoms with Crippen molar-refractivity contribution in [2.45, 2.75) is 31.2 Å². The number of hydrogen-bond acceptors (Lipinski definition) is 7. The zero-order valence-electron chi connectivity index (χ0n) is 15.6. The first kappa shape index (κ1) is 22.6. The van der Waals surface area contributed by atoms with Crippen molar-refractivity contribution in [1.29, 1.82) is 0 Å². The van der Waals surface area contributed by atoms with Crippen molar-refractivity contribution in [2.24, 2.45) is 5.92 Å². The van der Waals surface area contributed by atoms with Crippen molar-refractivity contribution in [3.8, 4) is 0 Å². The molecule has 1 aromatic rings. The van der Waals surface area contributed by atoms with Gasteiger partial charge in [-0.1, -0.05) is 19.9 Å². The number of carbonyl (C=O) groups excluding carboxylic acids is 3. The average molecular weight is 400 g/mol. The van der Waals surface area contributed by atoms with Gasteiger partial charge in [0.25, 0.3) is 5.91 Å². The lowest BCUT2D eigenvalue weighted by Gasteiger charge is -2.18. The van der Waals surface area contributed by atoms with Crippen molar-refractivity contribution in [3.05, 3.63) is 29.8 Å². The van der Waals surface area contributed by atoms with Crippen LogP contribution in [0.15, 0.2) is 29.2 Å². The molecule has 0 saturated heterocycles. The highest BCUT2D eigenvalue weighted by molar-refractivity contribution is 7.89. The summed E-state index contributed by atoms with van der Waals surface area (Å²) in [7, 11) is -1.25. The van der Waals surface area contributed by atoms with Crippen LogP contribution in [0.1, 0.15) is 30.6 Å². The van der Waals surface area contributed by atoms with Crippen LogP contribution in [0, 0.1) is 5.92 Å². The Labute approximate surface area is 158 Å². The minimum Gasteiger partial charge on any atom is -0.467 e. The molecule has 0 bridgehead atoms. The third kappa shape index (κ3) is 6.99. The van der Waals surface area contributed by atoms with E-state index in [1.807, 2.05) is 13.8 Å². The SMILES string of the molecule is CNS(=O)(=O)c1cccc(C(=O)OCC(=O)N[C@@H](CC(C)C)C(=O)OC)c1. The zero-order chi connectivity index (χ0) is 20.6. The Hall–Kier alpha value is -2.46. The van der Waals surface area contributed by atoms with Crippen molar-refractivity contribution in [1.82, 2.24) is 10.0 Å². The predicted molar refractivity (Wildman–Crippen MR) is 96.4 cm³/mol. The van der Waals surface area contributed by atoms with Crippen LogP contribution in [0.2, 0.25) is 0 Å². The van der Waals surface area contributed by atoms with Crippen molar-refractivity contribution in [3.63, 3.8) is 0 Å².